The van der Waals surface area contributed by atoms with Gasteiger partial charge in [-0.3, -0.25) is 4.90 Å². The van der Waals surface area contributed by atoms with E-state index in [4.69, 9.17) is 14.2 Å². The molecule has 224 valence electrons. The molecule has 0 aliphatic carbocycles. The van der Waals surface area contributed by atoms with E-state index < -0.39 is 17.9 Å². The Bertz CT molecular complexity index is 1440. The van der Waals surface area contributed by atoms with E-state index in [9.17, 15) is 14.4 Å². The summed E-state index contributed by atoms with van der Waals surface area (Å²) in [6.45, 7) is 0.598. The fraction of sp³-hybridized carbons (Fsp3) is 0.192. The molecule has 42 heavy (non-hydrogen) atoms. The number of esters is 3. The van der Waals surface area contributed by atoms with Gasteiger partial charge in [0, 0.05) is 45.2 Å². The summed E-state index contributed by atoms with van der Waals surface area (Å²) in [5, 5.41) is 0. The lowest BCUT2D eigenvalue weighted by molar-refractivity contribution is 0.00349. The number of hydrogen-bond acceptors (Lipinski definition) is 7. The van der Waals surface area contributed by atoms with Crippen LogP contribution in [0.2, 0.25) is 0 Å². The maximum Gasteiger partial charge on any atom is 0.341 e. The van der Waals surface area contributed by atoms with Gasteiger partial charge in [-0.15, -0.1) is 0 Å². The number of ether oxygens (including phenoxy) is 3. The van der Waals surface area contributed by atoms with Gasteiger partial charge in [0.1, 0.15) is 19.9 Å². The third-order valence-electron chi connectivity index (χ3n) is 5.40. The van der Waals surface area contributed by atoms with Crippen molar-refractivity contribution in [3.63, 3.8) is 0 Å². The molecule has 16 heteroatoms. The highest BCUT2D eigenvalue weighted by atomic mass is 127. The van der Waals surface area contributed by atoms with Crippen LogP contribution in [0.5, 0.6) is 0 Å². The van der Waals surface area contributed by atoms with E-state index in [1.54, 1.807) is 4.90 Å². The first-order valence-corrected chi connectivity index (χ1v) is 21.2. The molecule has 0 radical (unpaired) electrons. The fourth-order valence-corrected chi connectivity index (χ4v) is 10.3. The summed E-state index contributed by atoms with van der Waals surface area (Å²) in [5.74, 6) is -1.29. The monoisotopic (exact) mass is 1580 g/mol. The van der Waals surface area contributed by atoms with Crippen molar-refractivity contribution >= 4 is 221 Å². The van der Waals surface area contributed by atoms with Crippen LogP contribution in [0.25, 0.3) is 0 Å². The van der Waals surface area contributed by atoms with E-state index in [-0.39, 0.29) is 33.0 Å². The average molecular weight is 1580 g/mol. The van der Waals surface area contributed by atoms with Gasteiger partial charge in [-0.25, -0.2) is 14.4 Å². The second-order valence-corrected chi connectivity index (χ2v) is 18.3. The van der Waals surface area contributed by atoms with Crippen LogP contribution >= 0.6 is 203 Å². The average Bonchev–Trinajstić information content (AvgIpc) is 2.94. The second kappa shape index (κ2) is 19.0. The van der Waals surface area contributed by atoms with Crippen molar-refractivity contribution in [3.8, 4) is 0 Å². The van der Waals surface area contributed by atoms with E-state index in [1.165, 1.54) is 0 Å². The van der Waals surface area contributed by atoms with Crippen LogP contribution < -0.4 is 0 Å². The highest BCUT2D eigenvalue weighted by Gasteiger charge is 2.22. The molecule has 0 bridgehead atoms. The van der Waals surface area contributed by atoms with Gasteiger partial charge in [0.05, 0.1) is 16.7 Å². The number of rotatable bonds is 11. The molecule has 0 fully saturated rings. The Hall–Kier alpha value is 2.60. The van der Waals surface area contributed by atoms with Crippen molar-refractivity contribution in [1.82, 2.24) is 4.90 Å². The minimum Gasteiger partial charge on any atom is -0.461 e. The van der Waals surface area contributed by atoms with E-state index in [0.717, 1.165) is 32.1 Å². The van der Waals surface area contributed by atoms with Gasteiger partial charge < -0.3 is 14.2 Å². The number of nitrogens with zero attached hydrogens (tertiary/aromatic N) is 1. The van der Waals surface area contributed by atoms with Gasteiger partial charge in [0.2, 0.25) is 0 Å². The normalized spacial score (nSPS) is 11.0. The fourth-order valence-electron chi connectivity index (χ4n) is 3.28. The first-order chi connectivity index (χ1) is 19.8. The summed E-state index contributed by atoms with van der Waals surface area (Å²) in [5.41, 5.74) is 1.56. The molecule has 0 saturated carbocycles. The lowest BCUT2D eigenvalue weighted by Gasteiger charge is -2.22. The topological polar surface area (TPSA) is 82.1 Å². The van der Waals surface area contributed by atoms with Crippen molar-refractivity contribution < 1.29 is 28.6 Å². The quantitative estimate of drug-likeness (QED) is 0.0623. The Morgan fingerprint density at radius 3 is 1.10 bits per heavy atom. The second-order valence-electron chi connectivity index (χ2n) is 8.11. The summed E-state index contributed by atoms with van der Waals surface area (Å²) in [7, 11) is 0. The van der Waals surface area contributed by atoms with E-state index in [1.807, 2.05) is 36.4 Å². The molecule has 0 saturated heterocycles. The highest BCUT2D eigenvalue weighted by Crippen LogP contribution is 2.27. The van der Waals surface area contributed by atoms with Gasteiger partial charge in [-0.2, -0.15) is 0 Å². The Labute approximate surface area is 365 Å². The SMILES string of the molecule is O=C(OCCN(CCOC(=O)c1c(I)ccc(I)c1I)COC(=O)c1c(I)ccc(I)c1I)c1c(I)ccc(I)c1I. The van der Waals surface area contributed by atoms with Crippen molar-refractivity contribution in [2.24, 2.45) is 0 Å². The Kier molecular flexibility index (Phi) is 17.6. The molecule has 0 aliphatic rings. The van der Waals surface area contributed by atoms with Crippen LogP contribution in [0.4, 0.5) is 0 Å². The van der Waals surface area contributed by atoms with E-state index >= 15 is 0 Å². The standard InChI is InChI=1S/C26H16I9NO6/c27-12-1-4-15(30)21(33)18(12)24(37)40-9-7-36(11-42-26(39)20-14(29)3-6-17(32)23(20)35)8-10-41-25(38)19-13(28)2-5-16(31)22(19)34/h1-6H,7-11H2. The van der Waals surface area contributed by atoms with Crippen LogP contribution in [-0.2, 0) is 14.2 Å². The summed E-state index contributed by atoms with van der Waals surface area (Å²) in [6.07, 6.45) is 0. The molecule has 0 aliphatic heterocycles. The van der Waals surface area contributed by atoms with Crippen LogP contribution in [0.3, 0.4) is 0 Å². The molecule has 7 nitrogen and oxygen atoms in total. The zero-order valence-electron chi connectivity index (χ0n) is 20.8. The summed E-state index contributed by atoms with van der Waals surface area (Å²) in [4.78, 5) is 40.7. The van der Waals surface area contributed by atoms with Crippen LogP contribution in [0, 0.1) is 32.1 Å². The van der Waals surface area contributed by atoms with Gasteiger partial charge in [-0.05, 0) is 240 Å². The lowest BCUT2D eigenvalue weighted by Crippen LogP contribution is -2.35. The maximum atomic E-state index is 13.1. The zero-order valence-corrected chi connectivity index (χ0v) is 40.2. The van der Waals surface area contributed by atoms with E-state index in [2.05, 4.69) is 203 Å². The molecule has 0 N–H and O–H groups in total. The predicted molar refractivity (Wildman–Crippen MR) is 236 cm³/mol. The predicted octanol–water partition coefficient (Wildman–Crippen LogP) is 9.26. The van der Waals surface area contributed by atoms with Gasteiger partial charge >= 0.3 is 17.9 Å². The van der Waals surface area contributed by atoms with Crippen molar-refractivity contribution in [2.45, 2.75) is 0 Å². The maximum absolute atomic E-state index is 13.1. The molecule has 3 aromatic rings. The molecule has 0 unspecified atom stereocenters. The molecule has 0 heterocycles. The van der Waals surface area contributed by atoms with Gasteiger partial charge in [0.15, 0.2) is 0 Å². The molecule has 0 atom stereocenters. The molecule has 0 amide bonds. The van der Waals surface area contributed by atoms with Crippen molar-refractivity contribution in [2.75, 3.05) is 33.0 Å². The molecule has 3 aromatic carbocycles. The smallest absolute Gasteiger partial charge is 0.341 e. The largest absolute Gasteiger partial charge is 0.461 e. The minimum atomic E-state index is -0.452. The van der Waals surface area contributed by atoms with E-state index in [0.29, 0.717) is 16.7 Å². The van der Waals surface area contributed by atoms with Gasteiger partial charge in [0.25, 0.3) is 0 Å². The molecular formula is C26H16I9NO6. The lowest BCUT2D eigenvalue weighted by atomic mass is 10.2. The van der Waals surface area contributed by atoms with Gasteiger partial charge in [-0.1, -0.05) is 0 Å². The number of carbonyl (C=O) groups is 3. The van der Waals surface area contributed by atoms with Crippen molar-refractivity contribution in [1.29, 1.82) is 0 Å². The highest BCUT2D eigenvalue weighted by molar-refractivity contribution is 14.1. The molecule has 0 spiro atoms. The number of hydrogen-bond donors (Lipinski definition) is 0. The molecule has 3 rings (SSSR count). The molecular weight excluding hydrogens is 1560 g/mol. The van der Waals surface area contributed by atoms with Crippen LogP contribution in [-0.4, -0.2) is 55.8 Å². The number of benzene rings is 3. The Balaban J connectivity index is 1.69. The number of halogens is 9. The summed E-state index contributed by atoms with van der Waals surface area (Å²) in [6, 6.07) is 11.5. The third-order valence-corrected chi connectivity index (χ3v) is 17.3. The summed E-state index contributed by atoms with van der Waals surface area (Å²) < 4.78 is 24.7. The Morgan fingerprint density at radius 2 is 0.762 bits per heavy atom. The van der Waals surface area contributed by atoms with Crippen LogP contribution in [0.15, 0.2) is 36.4 Å². The first-order valence-electron chi connectivity index (χ1n) is 11.5. The Morgan fingerprint density at radius 1 is 0.476 bits per heavy atom. The zero-order chi connectivity index (χ0) is 31.1. The van der Waals surface area contributed by atoms with Crippen molar-refractivity contribution in [3.05, 3.63) is 85.2 Å². The molecule has 0 aromatic heterocycles. The number of carbonyl (C=O) groups excluding carboxylic acids is 3. The first kappa shape index (κ1) is 39.0. The summed E-state index contributed by atoms with van der Waals surface area (Å²) >= 11 is 19.4. The van der Waals surface area contributed by atoms with Crippen LogP contribution in [0.1, 0.15) is 31.1 Å². The third kappa shape index (κ3) is 10.8. The minimum absolute atomic E-state index is 0.0624.